The molecule has 1 aromatic carbocycles. The van der Waals surface area contributed by atoms with Gasteiger partial charge in [0.15, 0.2) is 5.78 Å². The van der Waals surface area contributed by atoms with E-state index >= 15 is 0 Å². The van der Waals surface area contributed by atoms with Crippen LogP contribution in [0.1, 0.15) is 36.1 Å². The molecule has 1 aromatic heterocycles. The number of hydrogen-bond acceptors (Lipinski definition) is 4. The number of methoxy groups -OCH3 is 1. The molecule has 0 aliphatic rings. The maximum Gasteiger partial charge on any atom is 0.174 e. The molecule has 0 unspecified atom stereocenters. The summed E-state index contributed by atoms with van der Waals surface area (Å²) in [6, 6.07) is 5.12. The van der Waals surface area contributed by atoms with Crippen LogP contribution in [0.15, 0.2) is 24.5 Å². The average Bonchev–Trinajstić information content (AvgIpc) is 2.86. The van der Waals surface area contributed by atoms with Gasteiger partial charge in [-0.15, -0.1) is 0 Å². The maximum absolute atomic E-state index is 12.4. The summed E-state index contributed by atoms with van der Waals surface area (Å²) in [5, 5.41) is 4.65. The van der Waals surface area contributed by atoms with Crippen molar-refractivity contribution in [2.24, 2.45) is 0 Å². The number of carbonyl (C=O) groups excluding carboxylic acids is 1. The number of rotatable bonds is 5. The number of hydrogen-bond donors (Lipinski definition) is 0. The first-order valence-electron chi connectivity index (χ1n) is 6.28. The lowest BCUT2D eigenvalue weighted by molar-refractivity contribution is 0.0986. The van der Waals surface area contributed by atoms with Crippen molar-refractivity contribution < 1.29 is 9.53 Å². The zero-order valence-corrected chi connectivity index (χ0v) is 12.4. The number of ether oxygens (including phenoxy) is 1. The van der Waals surface area contributed by atoms with Crippen molar-refractivity contribution in [2.45, 2.75) is 26.3 Å². The molecule has 0 aliphatic heterocycles. The zero-order chi connectivity index (χ0) is 14.7. The summed E-state index contributed by atoms with van der Waals surface area (Å²) in [6.07, 6.45) is 1.64. The summed E-state index contributed by atoms with van der Waals surface area (Å²) in [7, 11) is 1.51. The van der Waals surface area contributed by atoms with Crippen molar-refractivity contribution in [3.8, 4) is 5.75 Å². The fourth-order valence-electron chi connectivity index (χ4n) is 1.97. The second-order valence-corrected chi connectivity index (χ2v) is 5.10. The molecule has 0 radical (unpaired) electrons. The molecule has 106 valence electrons. The van der Waals surface area contributed by atoms with Crippen LogP contribution in [-0.4, -0.2) is 27.7 Å². The Morgan fingerprint density at radius 1 is 1.45 bits per heavy atom. The van der Waals surface area contributed by atoms with Crippen molar-refractivity contribution in [1.29, 1.82) is 0 Å². The fraction of sp³-hybridized carbons (Fsp3) is 0.357. The van der Waals surface area contributed by atoms with Gasteiger partial charge in [0.05, 0.1) is 19.1 Å². The number of halogens is 1. The third-order valence-corrected chi connectivity index (χ3v) is 3.15. The third-order valence-electron chi connectivity index (χ3n) is 2.92. The Kier molecular flexibility index (Phi) is 4.39. The van der Waals surface area contributed by atoms with E-state index in [2.05, 4.69) is 10.1 Å². The van der Waals surface area contributed by atoms with E-state index in [4.69, 9.17) is 16.3 Å². The highest BCUT2D eigenvalue weighted by Crippen LogP contribution is 2.24. The number of carbonyl (C=O) groups is 1. The molecule has 0 N–H and O–H groups in total. The molecule has 5 nitrogen and oxygen atoms in total. The largest absolute Gasteiger partial charge is 0.496 e. The second-order valence-electron chi connectivity index (χ2n) is 4.66. The molecule has 0 bridgehead atoms. The molecule has 20 heavy (non-hydrogen) atoms. The molecule has 0 saturated carbocycles. The molecule has 0 spiro atoms. The Morgan fingerprint density at radius 3 is 2.85 bits per heavy atom. The van der Waals surface area contributed by atoms with E-state index in [0.717, 1.165) is 0 Å². The van der Waals surface area contributed by atoms with Crippen molar-refractivity contribution in [1.82, 2.24) is 14.8 Å². The van der Waals surface area contributed by atoms with E-state index in [0.29, 0.717) is 22.2 Å². The highest BCUT2D eigenvalue weighted by atomic mass is 35.5. The van der Waals surface area contributed by atoms with Gasteiger partial charge in [0.25, 0.3) is 0 Å². The van der Waals surface area contributed by atoms with Crippen molar-refractivity contribution in [2.75, 3.05) is 7.11 Å². The van der Waals surface area contributed by atoms with Gasteiger partial charge in [-0.3, -0.25) is 4.79 Å². The Labute approximate surface area is 122 Å². The van der Waals surface area contributed by atoms with Crippen LogP contribution in [-0.2, 0) is 6.42 Å². The monoisotopic (exact) mass is 293 g/mol. The van der Waals surface area contributed by atoms with Gasteiger partial charge < -0.3 is 4.74 Å². The molecule has 1 heterocycles. The van der Waals surface area contributed by atoms with Crippen LogP contribution in [0, 0.1) is 0 Å². The number of benzene rings is 1. The van der Waals surface area contributed by atoms with Crippen molar-refractivity contribution in [3.05, 3.63) is 40.9 Å². The van der Waals surface area contributed by atoms with Gasteiger partial charge in [-0.05, 0) is 32.0 Å². The van der Waals surface area contributed by atoms with Crippen LogP contribution in [0.2, 0.25) is 5.02 Å². The molecular formula is C14H16ClN3O2. The molecule has 2 aromatic rings. The van der Waals surface area contributed by atoms with Crippen LogP contribution in [0.25, 0.3) is 0 Å². The number of aromatic nitrogens is 3. The molecule has 0 saturated heterocycles. The predicted molar refractivity (Wildman–Crippen MR) is 76.4 cm³/mol. The first-order chi connectivity index (χ1) is 9.52. The highest BCUT2D eigenvalue weighted by Gasteiger charge is 2.17. The van der Waals surface area contributed by atoms with E-state index < -0.39 is 0 Å². The number of nitrogens with zero attached hydrogens (tertiary/aromatic N) is 3. The minimum absolute atomic E-state index is 0.0755. The molecule has 0 fully saturated rings. The average molecular weight is 294 g/mol. The molecule has 2 rings (SSSR count). The summed E-state index contributed by atoms with van der Waals surface area (Å²) >= 11 is 5.89. The van der Waals surface area contributed by atoms with Gasteiger partial charge in [-0.2, -0.15) is 5.10 Å². The normalized spacial score (nSPS) is 10.8. The van der Waals surface area contributed by atoms with Gasteiger partial charge in [0.1, 0.15) is 17.9 Å². The summed E-state index contributed by atoms with van der Waals surface area (Å²) in [6.45, 7) is 3.98. The highest BCUT2D eigenvalue weighted by molar-refractivity contribution is 6.30. The summed E-state index contributed by atoms with van der Waals surface area (Å²) in [4.78, 5) is 16.5. The standard InChI is InChI=1S/C14H16ClN3O2/c1-9(2)18-14(16-8-17-18)7-12(19)11-5-4-10(15)6-13(11)20-3/h4-6,8-9H,7H2,1-3H3. The van der Waals surface area contributed by atoms with Gasteiger partial charge in [-0.25, -0.2) is 9.67 Å². The van der Waals surface area contributed by atoms with Crippen LogP contribution >= 0.6 is 11.6 Å². The molecule has 0 atom stereocenters. The van der Waals surface area contributed by atoms with Crippen LogP contribution < -0.4 is 4.74 Å². The van der Waals surface area contributed by atoms with Gasteiger partial charge in [-0.1, -0.05) is 11.6 Å². The van der Waals surface area contributed by atoms with Crippen LogP contribution in [0.5, 0.6) is 5.75 Å². The molecular weight excluding hydrogens is 278 g/mol. The minimum atomic E-state index is -0.0755. The van der Waals surface area contributed by atoms with E-state index in [-0.39, 0.29) is 18.2 Å². The Balaban J connectivity index is 2.26. The SMILES string of the molecule is COc1cc(Cl)ccc1C(=O)Cc1ncnn1C(C)C. The van der Waals surface area contributed by atoms with Crippen LogP contribution in [0.4, 0.5) is 0 Å². The lowest BCUT2D eigenvalue weighted by atomic mass is 10.1. The fourth-order valence-corrected chi connectivity index (χ4v) is 2.13. The van der Waals surface area contributed by atoms with E-state index in [1.54, 1.807) is 22.9 Å². The Morgan fingerprint density at radius 2 is 2.20 bits per heavy atom. The lowest BCUT2D eigenvalue weighted by Crippen LogP contribution is -2.13. The van der Waals surface area contributed by atoms with E-state index in [1.165, 1.54) is 13.4 Å². The first kappa shape index (κ1) is 14.5. The Bertz CT molecular complexity index is 623. The van der Waals surface area contributed by atoms with Crippen molar-refractivity contribution in [3.63, 3.8) is 0 Å². The smallest absolute Gasteiger partial charge is 0.174 e. The number of ketones is 1. The summed E-state index contributed by atoms with van der Waals surface area (Å²) in [5.41, 5.74) is 0.496. The van der Waals surface area contributed by atoms with Gasteiger partial charge in [0, 0.05) is 11.1 Å². The maximum atomic E-state index is 12.4. The van der Waals surface area contributed by atoms with Crippen molar-refractivity contribution >= 4 is 17.4 Å². The third kappa shape index (κ3) is 2.99. The Hall–Kier alpha value is -1.88. The van der Waals surface area contributed by atoms with E-state index in [1.807, 2.05) is 13.8 Å². The summed E-state index contributed by atoms with van der Waals surface area (Å²) < 4.78 is 6.93. The van der Waals surface area contributed by atoms with Gasteiger partial charge in [0.2, 0.25) is 0 Å². The molecule has 0 amide bonds. The van der Waals surface area contributed by atoms with Crippen LogP contribution in [0.3, 0.4) is 0 Å². The second kappa shape index (κ2) is 6.05. The minimum Gasteiger partial charge on any atom is -0.496 e. The predicted octanol–water partition coefficient (Wildman–Crippen LogP) is 2.95. The first-order valence-corrected chi connectivity index (χ1v) is 6.66. The topological polar surface area (TPSA) is 57.0 Å². The van der Waals surface area contributed by atoms with E-state index in [9.17, 15) is 4.79 Å². The zero-order valence-electron chi connectivity index (χ0n) is 11.6. The van der Waals surface area contributed by atoms with Gasteiger partial charge >= 0.3 is 0 Å². The lowest BCUT2D eigenvalue weighted by Gasteiger charge is -2.10. The summed E-state index contributed by atoms with van der Waals surface area (Å²) in [5.74, 6) is 1.04. The molecule has 0 aliphatic carbocycles. The molecule has 6 heteroatoms. The quantitative estimate of drug-likeness (QED) is 0.795. The number of Topliss-reactive ketones (excluding diaryl/α,β-unsaturated/α-hetero) is 1.